The lowest BCUT2D eigenvalue weighted by atomic mass is 10.1. The first-order valence-corrected chi connectivity index (χ1v) is 13.5. The molecule has 1 saturated carbocycles. The zero-order valence-electron chi connectivity index (χ0n) is 22.7. The van der Waals surface area contributed by atoms with E-state index in [1.807, 2.05) is 31.6 Å². The summed E-state index contributed by atoms with van der Waals surface area (Å²) in [6.45, 7) is 6.68. The monoisotopic (exact) mass is 589 g/mol. The Bertz CT molecular complexity index is 1440. The lowest BCUT2D eigenvalue weighted by molar-refractivity contribution is -0.119. The van der Waals surface area contributed by atoms with Gasteiger partial charge in [-0.05, 0) is 45.7 Å². The smallest absolute Gasteiger partial charge is 0.410 e. The zero-order valence-corrected chi connectivity index (χ0v) is 23.5. The number of aromatic nitrogens is 4. The lowest BCUT2D eigenvalue weighted by Crippen LogP contribution is -2.42. The van der Waals surface area contributed by atoms with Gasteiger partial charge in [-0.1, -0.05) is 17.7 Å². The van der Waals surface area contributed by atoms with Crippen LogP contribution in [0.2, 0.25) is 5.02 Å². The van der Waals surface area contributed by atoms with Crippen LogP contribution in [-0.2, 0) is 9.53 Å². The van der Waals surface area contributed by atoms with Gasteiger partial charge in [-0.25, -0.2) is 18.6 Å². The van der Waals surface area contributed by atoms with E-state index in [2.05, 4.69) is 25.7 Å². The Hall–Kier alpha value is -4.00. The Morgan fingerprint density at radius 3 is 2.56 bits per heavy atom. The Morgan fingerprint density at radius 2 is 1.88 bits per heavy atom. The second-order valence-corrected chi connectivity index (χ2v) is 11.4. The van der Waals surface area contributed by atoms with Crippen molar-refractivity contribution in [2.45, 2.75) is 57.6 Å². The quantitative estimate of drug-likeness (QED) is 0.342. The summed E-state index contributed by atoms with van der Waals surface area (Å²) < 4.78 is 39.5. The van der Waals surface area contributed by atoms with Crippen molar-refractivity contribution in [1.29, 1.82) is 0 Å². The van der Waals surface area contributed by atoms with Crippen LogP contribution in [0, 0.1) is 5.92 Å². The van der Waals surface area contributed by atoms with Gasteiger partial charge < -0.3 is 25.0 Å². The van der Waals surface area contributed by atoms with Crippen LogP contribution in [0.25, 0.3) is 0 Å². The summed E-state index contributed by atoms with van der Waals surface area (Å²) in [6, 6.07) is 6.40. The van der Waals surface area contributed by atoms with E-state index < -0.39 is 29.8 Å². The van der Waals surface area contributed by atoms with E-state index in [0.717, 1.165) is 12.8 Å². The molecule has 0 radical (unpaired) electrons. The first kappa shape index (κ1) is 28.5. The van der Waals surface area contributed by atoms with Crippen molar-refractivity contribution in [3.05, 3.63) is 47.9 Å². The fourth-order valence-electron chi connectivity index (χ4n) is 4.33. The number of halogens is 3. The van der Waals surface area contributed by atoms with E-state index in [1.165, 1.54) is 12.3 Å². The molecule has 218 valence electrons. The van der Waals surface area contributed by atoms with Gasteiger partial charge in [0.25, 0.3) is 5.92 Å². The molecule has 1 aliphatic heterocycles. The molecule has 1 saturated heterocycles. The van der Waals surface area contributed by atoms with Crippen molar-refractivity contribution >= 4 is 40.9 Å². The normalized spacial score (nSPS) is 18.5. The van der Waals surface area contributed by atoms with Crippen molar-refractivity contribution in [2.75, 3.05) is 23.7 Å². The number of carbonyl (C=O) groups excluding carboxylic acids is 2. The van der Waals surface area contributed by atoms with Crippen molar-refractivity contribution in [3.63, 3.8) is 0 Å². The Kier molecular flexibility index (Phi) is 7.73. The summed E-state index contributed by atoms with van der Waals surface area (Å²) >= 11 is 6.25. The molecule has 3 aromatic rings. The van der Waals surface area contributed by atoms with Crippen LogP contribution in [0.15, 0.2) is 42.9 Å². The molecule has 2 fully saturated rings. The number of anilines is 3. The van der Waals surface area contributed by atoms with Crippen LogP contribution in [-0.4, -0.2) is 61.3 Å². The average molecular weight is 590 g/mol. The number of hydrogen-bond donors (Lipinski definition) is 2. The standard InChI is InChI=1S/C27H30ClF2N7O4/c1-26(2,3)41-25(39)36-9-7-18(8-10-36)37-15-17(13-32-37)34-24-31-14-21(28)23(35-24)40-19-6-4-5-16(11-19)33-22(38)20-12-27(20,29)30/h4-6,11,13-15,18,20H,7-10,12H2,1-3H3,(H,33,38)(H,31,34,35). The van der Waals surface area contributed by atoms with E-state index >= 15 is 0 Å². The van der Waals surface area contributed by atoms with Gasteiger partial charge in [-0.2, -0.15) is 10.1 Å². The van der Waals surface area contributed by atoms with Crippen LogP contribution in [0.5, 0.6) is 11.6 Å². The number of nitrogens with zero attached hydrogens (tertiary/aromatic N) is 5. The van der Waals surface area contributed by atoms with Crippen molar-refractivity contribution in [3.8, 4) is 11.6 Å². The topological polar surface area (TPSA) is 124 Å². The van der Waals surface area contributed by atoms with Gasteiger partial charge in [-0.15, -0.1) is 0 Å². The number of piperidine rings is 1. The van der Waals surface area contributed by atoms with E-state index in [4.69, 9.17) is 21.1 Å². The van der Waals surface area contributed by atoms with Gasteiger partial charge in [-0.3, -0.25) is 9.48 Å². The summed E-state index contributed by atoms with van der Waals surface area (Å²) in [6.07, 6.45) is 5.57. The van der Waals surface area contributed by atoms with Gasteiger partial charge >= 0.3 is 6.09 Å². The number of hydrogen-bond acceptors (Lipinski definition) is 8. The summed E-state index contributed by atoms with van der Waals surface area (Å²) in [4.78, 5) is 34.6. The number of amides is 2. The molecule has 2 N–H and O–H groups in total. The largest absolute Gasteiger partial charge is 0.444 e. The molecule has 1 aliphatic carbocycles. The van der Waals surface area contributed by atoms with Crippen LogP contribution >= 0.6 is 11.6 Å². The molecule has 0 bridgehead atoms. The van der Waals surface area contributed by atoms with E-state index in [-0.39, 0.29) is 29.0 Å². The van der Waals surface area contributed by atoms with Crippen molar-refractivity contribution < 1.29 is 27.8 Å². The van der Waals surface area contributed by atoms with Crippen LogP contribution < -0.4 is 15.4 Å². The molecule has 2 aromatic heterocycles. The van der Waals surface area contributed by atoms with Crippen molar-refractivity contribution in [2.24, 2.45) is 5.92 Å². The Labute approximate surface area is 240 Å². The third-order valence-corrected chi connectivity index (χ3v) is 6.78. The predicted octanol–water partition coefficient (Wildman–Crippen LogP) is 6.03. The van der Waals surface area contributed by atoms with Crippen LogP contribution in [0.1, 0.15) is 46.1 Å². The lowest BCUT2D eigenvalue weighted by Gasteiger charge is -2.33. The Balaban J connectivity index is 1.18. The minimum atomic E-state index is -2.95. The molecule has 1 aromatic carbocycles. The van der Waals surface area contributed by atoms with Crippen molar-refractivity contribution in [1.82, 2.24) is 24.6 Å². The summed E-state index contributed by atoms with van der Waals surface area (Å²) in [5.74, 6) is -4.44. The molecule has 11 nitrogen and oxygen atoms in total. The fraction of sp³-hybridized carbons (Fsp3) is 0.444. The van der Waals surface area contributed by atoms with Gasteiger partial charge in [0.05, 0.1) is 24.1 Å². The molecule has 0 spiro atoms. The van der Waals surface area contributed by atoms with Crippen LogP contribution in [0.4, 0.5) is 30.9 Å². The molecule has 1 unspecified atom stereocenters. The number of likely N-dealkylation sites (tertiary alicyclic amines) is 1. The van der Waals surface area contributed by atoms with Gasteiger partial charge in [0, 0.05) is 37.5 Å². The number of carbonyl (C=O) groups is 2. The maximum absolute atomic E-state index is 13.2. The molecule has 5 rings (SSSR count). The predicted molar refractivity (Wildman–Crippen MR) is 147 cm³/mol. The molecular formula is C27H30ClF2N7O4. The molecule has 1 atom stereocenters. The highest BCUT2D eigenvalue weighted by atomic mass is 35.5. The SMILES string of the molecule is CC(C)(C)OC(=O)N1CCC(n2cc(Nc3ncc(Cl)c(Oc4cccc(NC(=O)C5CC5(F)F)c4)n3)cn2)CC1. The Morgan fingerprint density at radius 1 is 1.15 bits per heavy atom. The fourth-order valence-corrected chi connectivity index (χ4v) is 4.46. The number of alkyl halides is 2. The second-order valence-electron chi connectivity index (χ2n) is 11.0. The summed E-state index contributed by atoms with van der Waals surface area (Å²) in [5, 5.41) is 10.2. The highest BCUT2D eigenvalue weighted by Gasteiger charge is 2.61. The second kappa shape index (κ2) is 11.1. The first-order chi connectivity index (χ1) is 19.4. The average Bonchev–Trinajstić information content (AvgIpc) is 3.31. The first-order valence-electron chi connectivity index (χ1n) is 13.1. The maximum atomic E-state index is 13.2. The number of benzene rings is 1. The highest BCUT2D eigenvalue weighted by Crippen LogP contribution is 2.49. The van der Waals surface area contributed by atoms with E-state index in [0.29, 0.717) is 30.2 Å². The van der Waals surface area contributed by atoms with Gasteiger partial charge in [0.1, 0.15) is 22.3 Å². The molecule has 2 amide bonds. The summed E-state index contributed by atoms with van der Waals surface area (Å²) in [7, 11) is 0. The van der Waals surface area contributed by atoms with E-state index in [1.54, 1.807) is 29.3 Å². The van der Waals surface area contributed by atoms with Gasteiger partial charge in [0.15, 0.2) is 0 Å². The number of rotatable bonds is 7. The van der Waals surface area contributed by atoms with E-state index in [9.17, 15) is 18.4 Å². The number of nitrogens with one attached hydrogen (secondary N) is 2. The third-order valence-electron chi connectivity index (χ3n) is 6.52. The minimum absolute atomic E-state index is 0.0586. The summed E-state index contributed by atoms with van der Waals surface area (Å²) in [5.41, 5.74) is 0.419. The molecule has 14 heteroatoms. The molecule has 3 heterocycles. The molecule has 41 heavy (non-hydrogen) atoms. The zero-order chi connectivity index (χ0) is 29.4. The molecular weight excluding hydrogens is 560 g/mol. The van der Waals surface area contributed by atoms with Crippen LogP contribution in [0.3, 0.4) is 0 Å². The highest BCUT2D eigenvalue weighted by molar-refractivity contribution is 6.31. The van der Waals surface area contributed by atoms with Gasteiger partial charge in [0.2, 0.25) is 17.7 Å². The molecule has 2 aliphatic rings. The number of ether oxygens (including phenoxy) is 2. The minimum Gasteiger partial charge on any atom is -0.444 e. The maximum Gasteiger partial charge on any atom is 0.410 e. The third kappa shape index (κ3) is 7.20.